The lowest BCUT2D eigenvalue weighted by Gasteiger charge is -2.15. The van der Waals surface area contributed by atoms with Crippen molar-refractivity contribution in [1.29, 1.82) is 0 Å². The largest absolute Gasteiger partial charge is 0.513 e. The molecule has 0 fully saturated rings. The minimum atomic E-state index is -0.901. The van der Waals surface area contributed by atoms with E-state index in [2.05, 4.69) is 10.8 Å². The van der Waals surface area contributed by atoms with E-state index in [-0.39, 0.29) is 17.9 Å². The molecular formula is C19H21FO4. The molecule has 0 unspecified atom stereocenters. The molecule has 0 bridgehead atoms. The highest BCUT2D eigenvalue weighted by Crippen LogP contribution is 2.28. The molecule has 128 valence electrons. The predicted octanol–water partition coefficient (Wildman–Crippen LogP) is 4.73. The molecule has 24 heavy (non-hydrogen) atoms. The third-order valence-corrected chi connectivity index (χ3v) is 3.87. The van der Waals surface area contributed by atoms with Crippen molar-refractivity contribution >= 4 is 6.16 Å². The number of methoxy groups -OCH3 is 1. The van der Waals surface area contributed by atoms with Crippen LogP contribution in [0.15, 0.2) is 30.3 Å². The van der Waals surface area contributed by atoms with Crippen LogP contribution in [0.3, 0.4) is 0 Å². The minimum Gasteiger partial charge on any atom is -0.488 e. The highest BCUT2D eigenvalue weighted by molar-refractivity contribution is 5.64. The number of aryl methyl sites for hydroxylation is 3. The summed E-state index contributed by atoms with van der Waals surface area (Å²) in [4.78, 5) is 11.3. The summed E-state index contributed by atoms with van der Waals surface area (Å²) in [7, 11) is 1.19. The summed E-state index contributed by atoms with van der Waals surface area (Å²) < 4.78 is 29.4. The van der Waals surface area contributed by atoms with Crippen molar-refractivity contribution in [3.63, 3.8) is 0 Å². The van der Waals surface area contributed by atoms with Gasteiger partial charge in [0.15, 0.2) is 0 Å². The average Bonchev–Trinajstić information content (AvgIpc) is 2.56. The summed E-state index contributed by atoms with van der Waals surface area (Å²) in [5.41, 5.74) is 3.50. The van der Waals surface area contributed by atoms with Crippen molar-refractivity contribution in [1.82, 2.24) is 0 Å². The molecule has 0 saturated carbocycles. The van der Waals surface area contributed by atoms with E-state index < -0.39 is 12.0 Å². The first-order valence-corrected chi connectivity index (χ1v) is 7.72. The van der Waals surface area contributed by atoms with Gasteiger partial charge in [-0.1, -0.05) is 19.1 Å². The maximum atomic E-state index is 14.1. The molecule has 2 rings (SSSR count). The number of hydrogen-bond acceptors (Lipinski definition) is 4. The Kier molecular flexibility index (Phi) is 5.79. The molecule has 0 amide bonds. The Hall–Kier alpha value is -2.56. The molecule has 2 aromatic rings. The van der Waals surface area contributed by atoms with Gasteiger partial charge in [0.05, 0.1) is 12.7 Å². The molecule has 0 aromatic heterocycles. The van der Waals surface area contributed by atoms with Crippen LogP contribution in [0.4, 0.5) is 9.18 Å². The van der Waals surface area contributed by atoms with Crippen LogP contribution in [0.2, 0.25) is 0 Å². The zero-order valence-corrected chi connectivity index (χ0v) is 14.3. The quantitative estimate of drug-likeness (QED) is 0.586. The highest BCUT2D eigenvalue weighted by Gasteiger charge is 2.15. The highest BCUT2D eigenvalue weighted by atomic mass is 19.1. The van der Waals surface area contributed by atoms with Gasteiger partial charge in [-0.05, 0) is 55.2 Å². The van der Waals surface area contributed by atoms with Gasteiger partial charge in [0, 0.05) is 0 Å². The summed E-state index contributed by atoms with van der Waals surface area (Å²) in [6, 6.07) is 8.27. The predicted molar refractivity (Wildman–Crippen MR) is 89.1 cm³/mol. The molecule has 4 nitrogen and oxygen atoms in total. The van der Waals surface area contributed by atoms with Crippen LogP contribution >= 0.6 is 0 Å². The molecule has 0 aliphatic heterocycles. The van der Waals surface area contributed by atoms with Crippen molar-refractivity contribution in [2.45, 2.75) is 33.8 Å². The maximum Gasteiger partial charge on any atom is 0.513 e. The number of hydrogen-bond donors (Lipinski definition) is 0. The Labute approximate surface area is 141 Å². The van der Waals surface area contributed by atoms with E-state index in [0.717, 1.165) is 17.5 Å². The van der Waals surface area contributed by atoms with E-state index in [1.165, 1.54) is 30.9 Å². The van der Waals surface area contributed by atoms with Gasteiger partial charge >= 0.3 is 6.16 Å². The SMILES string of the molecule is CCc1cc(C)c(C)cc1OCc1c(F)cccc1OC(=O)OC. The van der Waals surface area contributed by atoms with Gasteiger partial charge in [-0.2, -0.15) is 0 Å². The van der Waals surface area contributed by atoms with Crippen LogP contribution in [0, 0.1) is 19.7 Å². The van der Waals surface area contributed by atoms with E-state index in [4.69, 9.17) is 9.47 Å². The number of halogens is 1. The zero-order valence-electron chi connectivity index (χ0n) is 14.3. The summed E-state index contributed by atoms with van der Waals surface area (Å²) >= 11 is 0. The van der Waals surface area contributed by atoms with Gasteiger partial charge < -0.3 is 14.2 Å². The van der Waals surface area contributed by atoms with E-state index in [1.54, 1.807) is 0 Å². The van der Waals surface area contributed by atoms with Crippen molar-refractivity contribution in [3.8, 4) is 11.5 Å². The van der Waals surface area contributed by atoms with Gasteiger partial charge in [-0.25, -0.2) is 9.18 Å². The molecule has 0 radical (unpaired) electrons. The number of ether oxygens (including phenoxy) is 3. The molecule has 0 aliphatic rings. The van der Waals surface area contributed by atoms with Crippen molar-refractivity contribution in [2.24, 2.45) is 0 Å². The van der Waals surface area contributed by atoms with E-state index >= 15 is 0 Å². The van der Waals surface area contributed by atoms with Gasteiger partial charge in [0.2, 0.25) is 0 Å². The van der Waals surface area contributed by atoms with Crippen LogP contribution in [0.25, 0.3) is 0 Å². The summed E-state index contributed by atoms with van der Waals surface area (Å²) in [5, 5.41) is 0. The third-order valence-electron chi connectivity index (χ3n) is 3.87. The Morgan fingerprint density at radius 1 is 1.12 bits per heavy atom. The summed E-state index contributed by atoms with van der Waals surface area (Å²) in [6.45, 7) is 6.02. The Balaban J connectivity index is 2.26. The Morgan fingerprint density at radius 3 is 2.50 bits per heavy atom. The smallest absolute Gasteiger partial charge is 0.488 e. The lowest BCUT2D eigenvalue weighted by molar-refractivity contribution is 0.120. The van der Waals surface area contributed by atoms with Gasteiger partial charge in [0.25, 0.3) is 0 Å². The second-order valence-corrected chi connectivity index (χ2v) is 5.46. The van der Waals surface area contributed by atoms with E-state index in [9.17, 15) is 9.18 Å². The van der Waals surface area contributed by atoms with Gasteiger partial charge in [-0.15, -0.1) is 0 Å². The second kappa shape index (κ2) is 7.81. The number of benzene rings is 2. The molecule has 0 heterocycles. The molecule has 0 saturated heterocycles. The molecule has 0 N–H and O–H groups in total. The monoisotopic (exact) mass is 332 g/mol. The normalized spacial score (nSPS) is 10.4. The van der Waals surface area contributed by atoms with E-state index in [1.807, 2.05) is 26.8 Å². The number of carbonyl (C=O) groups is 1. The molecular weight excluding hydrogens is 311 g/mol. The summed E-state index contributed by atoms with van der Waals surface area (Å²) in [6.07, 6.45) is -0.0959. The fraction of sp³-hybridized carbons (Fsp3) is 0.316. The lowest BCUT2D eigenvalue weighted by Crippen LogP contribution is -2.11. The Bertz CT molecular complexity index is 740. The van der Waals surface area contributed by atoms with Gasteiger partial charge in [0.1, 0.15) is 23.9 Å². The van der Waals surface area contributed by atoms with Crippen LogP contribution in [0.5, 0.6) is 11.5 Å². The molecule has 2 aromatic carbocycles. The summed E-state index contributed by atoms with van der Waals surface area (Å²) in [5.74, 6) is 0.287. The zero-order chi connectivity index (χ0) is 17.7. The van der Waals surface area contributed by atoms with E-state index in [0.29, 0.717) is 5.75 Å². The first-order chi connectivity index (χ1) is 11.5. The van der Waals surface area contributed by atoms with Crippen molar-refractivity contribution in [3.05, 3.63) is 58.4 Å². The number of carbonyl (C=O) groups excluding carboxylic acids is 1. The topological polar surface area (TPSA) is 44.8 Å². The molecule has 0 spiro atoms. The van der Waals surface area contributed by atoms with Crippen LogP contribution in [0.1, 0.15) is 29.2 Å². The molecule has 0 atom stereocenters. The fourth-order valence-corrected chi connectivity index (χ4v) is 2.32. The third kappa shape index (κ3) is 4.04. The lowest BCUT2D eigenvalue weighted by atomic mass is 10.0. The minimum absolute atomic E-state index is 0.0471. The average molecular weight is 332 g/mol. The molecule has 5 heteroatoms. The van der Waals surface area contributed by atoms with Gasteiger partial charge in [-0.3, -0.25) is 0 Å². The van der Waals surface area contributed by atoms with Crippen LogP contribution < -0.4 is 9.47 Å². The molecule has 0 aliphatic carbocycles. The first kappa shape index (κ1) is 17.8. The van der Waals surface area contributed by atoms with Crippen LogP contribution in [-0.4, -0.2) is 13.3 Å². The number of rotatable bonds is 5. The maximum absolute atomic E-state index is 14.1. The first-order valence-electron chi connectivity index (χ1n) is 7.72. The Morgan fingerprint density at radius 2 is 1.83 bits per heavy atom. The van der Waals surface area contributed by atoms with Crippen molar-refractivity contribution < 1.29 is 23.4 Å². The van der Waals surface area contributed by atoms with Crippen LogP contribution in [-0.2, 0) is 17.8 Å². The fourth-order valence-electron chi connectivity index (χ4n) is 2.32. The standard InChI is InChI=1S/C19H21FO4/c1-5-14-9-12(2)13(3)10-18(14)23-11-15-16(20)7-6-8-17(15)24-19(21)22-4/h6-10H,5,11H2,1-4H3. The van der Waals surface area contributed by atoms with Crippen molar-refractivity contribution in [2.75, 3.05) is 7.11 Å². The second-order valence-electron chi connectivity index (χ2n) is 5.46.